The molecule has 0 bridgehead atoms. The van der Waals surface area contributed by atoms with E-state index in [9.17, 15) is 5.11 Å². The highest BCUT2D eigenvalue weighted by Gasteiger charge is 2.22. The third kappa shape index (κ3) is 3.53. The lowest BCUT2D eigenvalue weighted by Crippen LogP contribution is -2.53. The Bertz CT molecular complexity index is 443. The molecule has 5 heteroatoms. The maximum atomic E-state index is 10.1. The molecule has 1 aliphatic heterocycles. The molecule has 2 unspecified atom stereocenters. The van der Waals surface area contributed by atoms with Crippen molar-refractivity contribution < 1.29 is 9.84 Å². The Balaban J connectivity index is 2.16. The van der Waals surface area contributed by atoms with E-state index in [0.29, 0.717) is 29.4 Å². The molecule has 2 rings (SSSR count). The molecular weight excluding hydrogens is 264 g/mol. The Morgan fingerprint density at radius 2 is 2.00 bits per heavy atom. The van der Waals surface area contributed by atoms with Gasteiger partial charge in [0, 0.05) is 48.4 Å². The average Bonchev–Trinajstić information content (AvgIpc) is 2.32. The van der Waals surface area contributed by atoms with Gasteiger partial charge in [-0.25, -0.2) is 0 Å². The van der Waals surface area contributed by atoms with Crippen molar-refractivity contribution in [1.29, 1.82) is 0 Å². The van der Waals surface area contributed by atoms with Crippen LogP contribution in [-0.4, -0.2) is 42.3 Å². The summed E-state index contributed by atoms with van der Waals surface area (Å²) in [6.45, 7) is 6.93. The molecule has 1 aromatic rings. The van der Waals surface area contributed by atoms with Crippen molar-refractivity contribution >= 4 is 11.6 Å². The lowest BCUT2D eigenvalue weighted by Gasteiger charge is -2.36. The van der Waals surface area contributed by atoms with Crippen LogP contribution < -0.4 is 10.1 Å². The summed E-state index contributed by atoms with van der Waals surface area (Å²) in [6.07, 6.45) is 0. The number of hydrogen-bond donors (Lipinski definition) is 2. The maximum Gasteiger partial charge on any atom is 0.162 e. The number of halogens is 1. The average molecular weight is 285 g/mol. The topological polar surface area (TPSA) is 44.7 Å². The van der Waals surface area contributed by atoms with Crippen molar-refractivity contribution in [3.05, 3.63) is 22.7 Å². The predicted octanol–water partition coefficient (Wildman–Crippen LogP) is 2.24. The van der Waals surface area contributed by atoms with Crippen molar-refractivity contribution in [3.63, 3.8) is 0 Å². The van der Waals surface area contributed by atoms with E-state index in [1.54, 1.807) is 12.1 Å². The molecule has 1 saturated heterocycles. The molecule has 1 heterocycles. The number of rotatable bonds is 3. The minimum atomic E-state index is 0.186. The smallest absolute Gasteiger partial charge is 0.162 e. The van der Waals surface area contributed by atoms with E-state index >= 15 is 0 Å². The number of benzene rings is 1. The standard InChI is InChI=1S/C14H21ClN2O2/c1-9-6-17(7-10(2)16-9)8-11-4-12(15)5-13(19-3)14(11)18/h4-5,9-10,16,18H,6-8H2,1-3H3. The van der Waals surface area contributed by atoms with Crippen LogP contribution in [0.25, 0.3) is 0 Å². The quantitative estimate of drug-likeness (QED) is 0.893. The monoisotopic (exact) mass is 284 g/mol. The Morgan fingerprint density at radius 3 is 2.58 bits per heavy atom. The van der Waals surface area contributed by atoms with Gasteiger partial charge in [-0.15, -0.1) is 0 Å². The first-order chi connectivity index (χ1) is 8.99. The van der Waals surface area contributed by atoms with Crippen molar-refractivity contribution in [2.24, 2.45) is 0 Å². The molecule has 0 aromatic heterocycles. The van der Waals surface area contributed by atoms with Gasteiger partial charge in [-0.2, -0.15) is 0 Å². The van der Waals surface area contributed by atoms with E-state index in [2.05, 4.69) is 24.1 Å². The van der Waals surface area contributed by atoms with Gasteiger partial charge in [-0.3, -0.25) is 4.90 Å². The van der Waals surface area contributed by atoms with Gasteiger partial charge in [0.15, 0.2) is 11.5 Å². The van der Waals surface area contributed by atoms with Gasteiger partial charge in [0.05, 0.1) is 7.11 Å². The molecule has 4 nitrogen and oxygen atoms in total. The van der Waals surface area contributed by atoms with E-state index < -0.39 is 0 Å². The van der Waals surface area contributed by atoms with Crippen LogP contribution >= 0.6 is 11.6 Å². The highest BCUT2D eigenvalue weighted by molar-refractivity contribution is 6.30. The Morgan fingerprint density at radius 1 is 1.37 bits per heavy atom. The molecule has 2 N–H and O–H groups in total. The molecule has 0 spiro atoms. The van der Waals surface area contributed by atoms with E-state index in [-0.39, 0.29) is 5.75 Å². The van der Waals surface area contributed by atoms with E-state index in [4.69, 9.17) is 16.3 Å². The zero-order valence-corrected chi connectivity index (χ0v) is 12.4. The number of phenols is 1. The Kier molecular flexibility index (Phi) is 4.55. The predicted molar refractivity (Wildman–Crippen MR) is 77.0 cm³/mol. The van der Waals surface area contributed by atoms with Crippen molar-refractivity contribution in [2.75, 3.05) is 20.2 Å². The van der Waals surface area contributed by atoms with Crippen LogP contribution in [0.5, 0.6) is 11.5 Å². The van der Waals surface area contributed by atoms with Crippen LogP contribution in [0.4, 0.5) is 0 Å². The largest absolute Gasteiger partial charge is 0.504 e. The summed E-state index contributed by atoms with van der Waals surface area (Å²) < 4.78 is 5.13. The number of aromatic hydroxyl groups is 1. The van der Waals surface area contributed by atoms with Gasteiger partial charge in [-0.05, 0) is 19.9 Å². The molecule has 19 heavy (non-hydrogen) atoms. The molecule has 2 atom stereocenters. The number of nitrogens with zero attached hydrogens (tertiary/aromatic N) is 1. The van der Waals surface area contributed by atoms with E-state index in [1.807, 2.05) is 0 Å². The van der Waals surface area contributed by atoms with Crippen molar-refractivity contribution in [3.8, 4) is 11.5 Å². The lowest BCUT2D eigenvalue weighted by molar-refractivity contribution is 0.165. The van der Waals surface area contributed by atoms with Gasteiger partial charge < -0.3 is 15.2 Å². The number of nitrogens with one attached hydrogen (secondary N) is 1. The summed E-state index contributed by atoms with van der Waals surface area (Å²) >= 11 is 6.05. The molecule has 0 radical (unpaired) electrons. The zero-order chi connectivity index (χ0) is 14.0. The van der Waals surface area contributed by atoms with Gasteiger partial charge in [0.2, 0.25) is 0 Å². The van der Waals surface area contributed by atoms with E-state index in [1.165, 1.54) is 7.11 Å². The van der Waals surface area contributed by atoms with Crippen LogP contribution in [0.15, 0.2) is 12.1 Å². The van der Waals surface area contributed by atoms with Gasteiger partial charge in [0.1, 0.15) is 0 Å². The van der Waals surface area contributed by atoms with Crippen LogP contribution in [0.2, 0.25) is 5.02 Å². The fraction of sp³-hybridized carbons (Fsp3) is 0.571. The van der Waals surface area contributed by atoms with Crippen molar-refractivity contribution in [2.45, 2.75) is 32.5 Å². The molecule has 106 valence electrons. The SMILES string of the molecule is COc1cc(Cl)cc(CN2CC(C)NC(C)C2)c1O. The Hall–Kier alpha value is -0.970. The number of methoxy groups -OCH3 is 1. The van der Waals surface area contributed by atoms with E-state index in [0.717, 1.165) is 18.7 Å². The normalized spacial score (nSPS) is 24.4. The Labute approximate surface area is 119 Å². The summed E-state index contributed by atoms with van der Waals surface area (Å²) in [4.78, 5) is 2.32. The summed E-state index contributed by atoms with van der Waals surface area (Å²) in [5, 5.41) is 14.2. The highest BCUT2D eigenvalue weighted by Crippen LogP contribution is 2.34. The molecule has 0 saturated carbocycles. The number of piperazine rings is 1. The fourth-order valence-corrected chi connectivity index (χ4v) is 2.95. The molecule has 0 aliphatic carbocycles. The summed E-state index contributed by atoms with van der Waals surface area (Å²) in [5.74, 6) is 0.615. The number of phenolic OH excluding ortho intramolecular Hbond substituents is 1. The first-order valence-electron chi connectivity index (χ1n) is 6.53. The van der Waals surface area contributed by atoms with Crippen LogP contribution in [0, 0.1) is 0 Å². The maximum absolute atomic E-state index is 10.1. The third-order valence-electron chi connectivity index (χ3n) is 3.37. The lowest BCUT2D eigenvalue weighted by atomic mass is 10.1. The molecule has 1 aromatic carbocycles. The second-order valence-electron chi connectivity index (χ2n) is 5.28. The van der Waals surface area contributed by atoms with Crippen LogP contribution in [0.1, 0.15) is 19.4 Å². The second kappa shape index (κ2) is 5.99. The summed E-state index contributed by atoms with van der Waals surface area (Å²) in [6, 6.07) is 4.33. The van der Waals surface area contributed by atoms with Crippen molar-refractivity contribution in [1.82, 2.24) is 10.2 Å². The minimum Gasteiger partial charge on any atom is -0.504 e. The number of ether oxygens (including phenoxy) is 1. The number of hydrogen-bond acceptors (Lipinski definition) is 4. The highest BCUT2D eigenvalue weighted by atomic mass is 35.5. The first-order valence-corrected chi connectivity index (χ1v) is 6.91. The molecule has 0 amide bonds. The van der Waals surface area contributed by atoms with Gasteiger partial charge >= 0.3 is 0 Å². The summed E-state index contributed by atoms with van der Waals surface area (Å²) in [7, 11) is 1.53. The molecular formula is C14H21ClN2O2. The minimum absolute atomic E-state index is 0.186. The van der Waals surface area contributed by atoms with Gasteiger partial charge in [0.25, 0.3) is 0 Å². The van der Waals surface area contributed by atoms with Crippen LogP contribution in [-0.2, 0) is 6.54 Å². The fourth-order valence-electron chi connectivity index (χ4n) is 2.71. The van der Waals surface area contributed by atoms with Gasteiger partial charge in [-0.1, -0.05) is 11.6 Å². The first kappa shape index (κ1) is 14.4. The third-order valence-corrected chi connectivity index (χ3v) is 3.58. The molecule has 1 fully saturated rings. The van der Waals surface area contributed by atoms with Crippen LogP contribution in [0.3, 0.4) is 0 Å². The zero-order valence-electron chi connectivity index (χ0n) is 11.6. The second-order valence-corrected chi connectivity index (χ2v) is 5.72. The summed E-state index contributed by atoms with van der Waals surface area (Å²) in [5.41, 5.74) is 0.811. The molecule has 1 aliphatic rings.